The van der Waals surface area contributed by atoms with Crippen molar-refractivity contribution < 1.29 is 4.42 Å². The van der Waals surface area contributed by atoms with Crippen molar-refractivity contribution in [2.75, 3.05) is 14.7 Å². The van der Waals surface area contributed by atoms with Crippen LogP contribution in [-0.4, -0.2) is 12.3 Å². The molecular weight excluding hydrogens is 970 g/mol. The Balaban J connectivity index is 1.05. The van der Waals surface area contributed by atoms with Crippen LogP contribution >= 0.6 is 0 Å². The first kappa shape index (κ1) is 50.0. The van der Waals surface area contributed by atoms with Crippen molar-refractivity contribution in [3.63, 3.8) is 0 Å². The van der Waals surface area contributed by atoms with Gasteiger partial charge in [-0.1, -0.05) is 181 Å². The van der Waals surface area contributed by atoms with Gasteiger partial charge in [0, 0.05) is 66.8 Å². The number of para-hydroxylation sites is 2. The minimum atomic E-state index is -0.230. The highest BCUT2D eigenvalue weighted by atomic mass is 16.3. The van der Waals surface area contributed by atoms with Crippen molar-refractivity contribution >= 4 is 90.5 Å². The van der Waals surface area contributed by atoms with Crippen molar-refractivity contribution in [3.8, 4) is 0 Å². The van der Waals surface area contributed by atoms with Crippen LogP contribution in [0.25, 0.3) is 21.9 Å². The lowest BCUT2D eigenvalue weighted by Gasteiger charge is -2.51. The Kier molecular flexibility index (Phi) is 9.96. The Labute approximate surface area is 476 Å². The third kappa shape index (κ3) is 6.41. The number of furan rings is 1. The second kappa shape index (κ2) is 15.9. The van der Waals surface area contributed by atoms with Crippen molar-refractivity contribution in [2.45, 2.75) is 174 Å². The summed E-state index contributed by atoms with van der Waals surface area (Å²) >= 11 is 0. The molecule has 0 amide bonds. The first-order chi connectivity index (χ1) is 37.8. The number of aryl methyl sites for hydroxylation is 2. The summed E-state index contributed by atoms with van der Waals surface area (Å²) in [6, 6.07) is 55.3. The van der Waals surface area contributed by atoms with E-state index >= 15 is 0 Å². The fraction of sp³-hybridized carbons (Fsp3) is 0.360. The van der Waals surface area contributed by atoms with Gasteiger partial charge in [-0.3, -0.25) is 0 Å². The van der Waals surface area contributed by atoms with E-state index in [1.165, 1.54) is 131 Å². The Hall–Kier alpha value is -6.98. The van der Waals surface area contributed by atoms with Gasteiger partial charge >= 0.3 is 0 Å². The summed E-state index contributed by atoms with van der Waals surface area (Å²) < 4.78 is 7.04. The lowest BCUT2D eigenvalue weighted by atomic mass is 9.33. The maximum absolute atomic E-state index is 7.04. The van der Waals surface area contributed by atoms with Gasteiger partial charge in [0.15, 0.2) is 5.58 Å². The van der Waals surface area contributed by atoms with E-state index in [-0.39, 0.29) is 44.7 Å². The van der Waals surface area contributed by atoms with Gasteiger partial charge in [-0.25, -0.2) is 0 Å². The molecule has 9 aromatic rings. The Morgan fingerprint density at radius 3 is 1.80 bits per heavy atom. The zero-order valence-electron chi connectivity index (χ0n) is 50.1. The highest BCUT2D eigenvalue weighted by molar-refractivity contribution is 7.00. The van der Waals surface area contributed by atoms with Gasteiger partial charge in [0.25, 0.3) is 6.71 Å². The molecular formula is C75H78BN3O. The van der Waals surface area contributed by atoms with E-state index in [4.69, 9.17) is 4.42 Å². The summed E-state index contributed by atoms with van der Waals surface area (Å²) in [6.07, 6.45) is 5.91. The van der Waals surface area contributed by atoms with Crippen molar-refractivity contribution in [1.82, 2.24) is 0 Å². The van der Waals surface area contributed by atoms with E-state index in [0.29, 0.717) is 0 Å². The molecule has 3 aliphatic heterocycles. The lowest BCUT2D eigenvalue weighted by Crippen LogP contribution is -2.61. The van der Waals surface area contributed by atoms with Crippen molar-refractivity contribution in [2.24, 2.45) is 0 Å². The number of hydrogen-bond donors (Lipinski definition) is 0. The third-order valence-electron chi connectivity index (χ3n) is 21.7. The first-order valence-corrected chi connectivity index (χ1v) is 30.0. The number of anilines is 8. The fourth-order valence-corrected chi connectivity index (χ4v) is 17.6. The summed E-state index contributed by atoms with van der Waals surface area (Å²) in [7, 11) is 0. The van der Waals surface area contributed by atoms with Crippen LogP contribution in [-0.2, 0) is 32.5 Å². The topological polar surface area (TPSA) is 22.9 Å². The summed E-state index contributed by atoms with van der Waals surface area (Å²) in [5.41, 5.74) is 29.4. The molecule has 1 aromatic heterocycles. The van der Waals surface area contributed by atoms with Gasteiger partial charge in [-0.15, -0.1) is 0 Å². The maximum Gasteiger partial charge on any atom is 0.252 e. The molecule has 15 rings (SSSR count). The van der Waals surface area contributed by atoms with Crippen LogP contribution in [0.4, 0.5) is 45.5 Å². The van der Waals surface area contributed by atoms with Gasteiger partial charge in [-0.2, -0.15) is 0 Å². The quantitative estimate of drug-likeness (QED) is 0.165. The number of benzene rings is 8. The Morgan fingerprint density at radius 2 is 1.09 bits per heavy atom. The molecule has 1 saturated carbocycles. The van der Waals surface area contributed by atoms with Gasteiger partial charge in [0.05, 0.1) is 11.2 Å². The zero-order valence-corrected chi connectivity index (χ0v) is 50.1. The number of hydrogen-bond acceptors (Lipinski definition) is 4. The number of rotatable bonds is 3. The molecule has 402 valence electrons. The largest absolute Gasteiger partial charge is 0.454 e. The van der Waals surface area contributed by atoms with E-state index in [1.54, 1.807) is 0 Å². The van der Waals surface area contributed by atoms with Gasteiger partial charge < -0.3 is 19.1 Å². The van der Waals surface area contributed by atoms with Gasteiger partial charge in [0.1, 0.15) is 5.58 Å². The first-order valence-electron chi connectivity index (χ1n) is 30.0. The van der Waals surface area contributed by atoms with E-state index in [2.05, 4.69) is 258 Å². The van der Waals surface area contributed by atoms with Crippen LogP contribution in [0.3, 0.4) is 0 Å². The molecule has 1 fully saturated rings. The molecule has 3 aliphatic carbocycles. The zero-order chi connectivity index (χ0) is 55.7. The van der Waals surface area contributed by atoms with Crippen LogP contribution < -0.4 is 31.1 Å². The minimum Gasteiger partial charge on any atom is -0.454 e. The minimum absolute atomic E-state index is 0.00124. The predicted octanol–water partition coefficient (Wildman–Crippen LogP) is 18.2. The summed E-state index contributed by atoms with van der Waals surface area (Å²) in [5, 5.41) is 2.29. The van der Waals surface area contributed by atoms with Crippen LogP contribution in [0.5, 0.6) is 0 Å². The van der Waals surface area contributed by atoms with E-state index in [1.807, 2.05) is 0 Å². The Morgan fingerprint density at radius 1 is 0.475 bits per heavy atom. The highest BCUT2D eigenvalue weighted by Gasteiger charge is 2.58. The van der Waals surface area contributed by atoms with Crippen LogP contribution in [0.2, 0.25) is 0 Å². The monoisotopic (exact) mass is 1050 g/mol. The van der Waals surface area contributed by atoms with Crippen LogP contribution in [0.15, 0.2) is 144 Å². The maximum atomic E-state index is 7.04. The Bertz CT molecular complexity index is 4200. The molecule has 0 spiro atoms. The smallest absolute Gasteiger partial charge is 0.252 e. The van der Waals surface area contributed by atoms with Gasteiger partial charge in [0.2, 0.25) is 0 Å². The molecule has 0 bridgehead atoms. The standard InChI is InChI=1S/C75H78BN3O/c1-44-35-64-67-65(36-44)78(61-42-55-54(37-45(61)2)72(10,11)50-25-17-18-26-51(50)73(55,12)13)62-39-47(79-59-32-29-46(69(3,4)5)38-56(59)74(14)33-20-21-34-75(74,79)15)30-31-57(62)76(67)58-40-52-53(71(8,9)43-70(52,6)7)41-63(58)77(64)60-27-22-24-49-48-23-16-19-28-66(48)80-68(49)60/h16-19,22-32,35-42H,20-21,33-34,43H2,1-15H3. The molecule has 8 aromatic carbocycles. The molecule has 2 atom stereocenters. The van der Waals surface area contributed by atoms with Crippen LogP contribution in [0, 0.1) is 13.8 Å². The van der Waals surface area contributed by atoms with E-state index in [9.17, 15) is 0 Å². The molecule has 4 nitrogen and oxygen atoms in total. The molecule has 80 heavy (non-hydrogen) atoms. The van der Waals surface area contributed by atoms with E-state index < -0.39 is 0 Å². The fourth-order valence-electron chi connectivity index (χ4n) is 17.6. The summed E-state index contributed by atoms with van der Waals surface area (Å²) in [4.78, 5) is 8.16. The molecule has 0 N–H and O–H groups in total. The second-order valence-corrected chi connectivity index (χ2v) is 29.3. The van der Waals surface area contributed by atoms with Crippen LogP contribution in [0.1, 0.15) is 178 Å². The molecule has 2 unspecified atom stereocenters. The molecule has 0 saturated heterocycles. The van der Waals surface area contributed by atoms with Crippen molar-refractivity contribution in [1.29, 1.82) is 0 Å². The molecule has 6 aliphatic rings. The molecule has 0 radical (unpaired) electrons. The predicted molar refractivity (Wildman–Crippen MR) is 340 cm³/mol. The average molecular weight is 1050 g/mol. The molecule has 5 heteroatoms. The third-order valence-corrected chi connectivity index (χ3v) is 21.7. The van der Waals surface area contributed by atoms with Gasteiger partial charge in [-0.05, 0) is 183 Å². The highest BCUT2D eigenvalue weighted by Crippen LogP contribution is 2.62. The van der Waals surface area contributed by atoms with E-state index in [0.717, 1.165) is 40.5 Å². The average Bonchev–Trinajstić information content (AvgIpc) is 4.13. The van der Waals surface area contributed by atoms with Crippen molar-refractivity contribution in [3.05, 3.63) is 195 Å². The number of nitrogens with zero attached hydrogens (tertiary/aromatic N) is 3. The number of fused-ring (bicyclic) bond motifs is 13. The second-order valence-electron chi connectivity index (χ2n) is 29.3. The summed E-state index contributed by atoms with van der Waals surface area (Å²) in [5.74, 6) is 0. The lowest BCUT2D eigenvalue weighted by molar-refractivity contribution is 0.195. The summed E-state index contributed by atoms with van der Waals surface area (Å²) in [6.45, 7) is 36.6. The normalized spacial score (nSPS) is 22.1. The molecule has 4 heterocycles. The SMILES string of the molecule is Cc1cc2c3c(c1)N(c1cccc4c1oc1ccccc14)c1cc4c(cc1B3c1ccc(N3c5ccc(C(C)(C)C)cc5C5(C)CCCCC35C)cc1N2c1cc2c(cc1C)C(C)(C)c1ccccc1C2(C)C)C(C)(C)CC4(C)C.